The average Bonchev–Trinajstić information content (AvgIpc) is 2.42. The van der Waals surface area contributed by atoms with E-state index in [0.717, 1.165) is 5.32 Å². The van der Waals surface area contributed by atoms with E-state index in [1.807, 2.05) is 0 Å². The molecule has 0 aliphatic heterocycles. The van der Waals surface area contributed by atoms with Crippen LogP contribution in [0.15, 0.2) is 30.3 Å². The van der Waals surface area contributed by atoms with Crippen LogP contribution in [0.5, 0.6) is 0 Å². The van der Waals surface area contributed by atoms with Gasteiger partial charge in [0.15, 0.2) is 5.92 Å². The van der Waals surface area contributed by atoms with Crippen molar-refractivity contribution in [1.29, 1.82) is 0 Å². The fraction of sp³-hybridized carbons (Fsp3) is 0.385. The van der Waals surface area contributed by atoms with Crippen molar-refractivity contribution in [1.82, 2.24) is 5.32 Å². The van der Waals surface area contributed by atoms with Crippen molar-refractivity contribution < 1.29 is 45.8 Å². The van der Waals surface area contributed by atoms with Crippen LogP contribution in [0, 0.1) is 5.92 Å². The first-order valence-electron chi connectivity index (χ1n) is 6.26. The van der Waals surface area contributed by atoms with Crippen LogP contribution in [0.25, 0.3) is 0 Å². The number of benzene rings is 1. The van der Waals surface area contributed by atoms with E-state index in [9.17, 15) is 35.9 Å². The number of amides is 1. The van der Waals surface area contributed by atoms with E-state index in [-0.39, 0.29) is 0 Å². The number of alkyl halides is 6. The molecule has 0 spiro atoms. The molecule has 1 aromatic carbocycles. The van der Waals surface area contributed by atoms with E-state index >= 15 is 0 Å². The number of carboxylic acid groups (broad SMARTS) is 1. The first kappa shape index (κ1) is 19.6. The van der Waals surface area contributed by atoms with Crippen LogP contribution in [-0.2, 0) is 16.1 Å². The molecule has 1 amide bonds. The third-order valence-corrected chi connectivity index (χ3v) is 2.79. The van der Waals surface area contributed by atoms with Crippen LogP contribution in [0.4, 0.5) is 31.1 Å². The number of hydrogen-bond acceptors (Lipinski definition) is 3. The summed E-state index contributed by atoms with van der Waals surface area (Å²) in [5, 5.41) is 9.73. The standard InChI is InChI=1S/C13H11F6NO4/c14-12(15,16)9(13(17,18)19)8(10(21)22)20-11(23)24-6-7-4-2-1-3-5-7/h1-5,8-9H,6H2,(H,20,23)(H,21,22). The van der Waals surface area contributed by atoms with Crippen LogP contribution in [0.3, 0.4) is 0 Å². The molecule has 1 rings (SSSR count). The molecule has 1 aromatic rings. The zero-order valence-electron chi connectivity index (χ0n) is 11.7. The Kier molecular flexibility index (Phi) is 6.04. The smallest absolute Gasteiger partial charge is 0.408 e. The van der Waals surface area contributed by atoms with Gasteiger partial charge in [-0.3, -0.25) is 0 Å². The third-order valence-electron chi connectivity index (χ3n) is 2.79. The largest absolute Gasteiger partial charge is 0.480 e. The molecule has 0 heterocycles. The number of alkyl carbamates (subject to hydrolysis) is 1. The Labute approximate surface area is 131 Å². The maximum Gasteiger partial charge on any atom is 0.408 e. The van der Waals surface area contributed by atoms with E-state index in [0.29, 0.717) is 5.56 Å². The van der Waals surface area contributed by atoms with Gasteiger partial charge in [0.2, 0.25) is 0 Å². The zero-order valence-corrected chi connectivity index (χ0v) is 11.7. The second kappa shape index (κ2) is 7.41. The number of nitrogens with one attached hydrogen (secondary N) is 1. The van der Waals surface area contributed by atoms with E-state index in [4.69, 9.17) is 5.11 Å². The van der Waals surface area contributed by atoms with Crippen LogP contribution in [0.1, 0.15) is 5.56 Å². The number of aliphatic carboxylic acids is 1. The number of ether oxygens (including phenoxy) is 1. The topological polar surface area (TPSA) is 75.6 Å². The lowest BCUT2D eigenvalue weighted by Gasteiger charge is -2.28. The summed E-state index contributed by atoms with van der Waals surface area (Å²) in [6.07, 6.45) is -13.6. The number of carbonyl (C=O) groups is 2. The summed E-state index contributed by atoms with van der Waals surface area (Å²) >= 11 is 0. The Balaban J connectivity index is 2.84. The molecule has 0 bridgehead atoms. The Hall–Kier alpha value is -2.46. The average molecular weight is 359 g/mol. The molecule has 0 radical (unpaired) electrons. The van der Waals surface area contributed by atoms with Crippen molar-refractivity contribution in [3.05, 3.63) is 35.9 Å². The second-order valence-electron chi connectivity index (χ2n) is 4.58. The lowest BCUT2D eigenvalue weighted by atomic mass is 9.98. The highest BCUT2D eigenvalue weighted by Crippen LogP contribution is 2.41. The second-order valence-corrected chi connectivity index (χ2v) is 4.58. The molecule has 0 fully saturated rings. The summed E-state index contributed by atoms with van der Waals surface area (Å²) in [5.41, 5.74) is 0.405. The first-order chi connectivity index (χ1) is 10.9. The highest BCUT2D eigenvalue weighted by atomic mass is 19.4. The van der Waals surface area contributed by atoms with Gasteiger partial charge in [-0.1, -0.05) is 30.3 Å². The summed E-state index contributed by atoms with van der Waals surface area (Å²) in [6.45, 7) is -0.457. The molecular formula is C13H11F6NO4. The van der Waals surface area contributed by atoms with Crippen molar-refractivity contribution in [2.45, 2.75) is 25.0 Å². The van der Waals surface area contributed by atoms with Crippen LogP contribution in [-0.4, -0.2) is 35.6 Å². The van der Waals surface area contributed by atoms with Crippen LogP contribution in [0.2, 0.25) is 0 Å². The third kappa shape index (κ3) is 5.63. The highest BCUT2D eigenvalue weighted by Gasteiger charge is 2.62. The molecule has 134 valence electrons. The van der Waals surface area contributed by atoms with E-state index in [2.05, 4.69) is 4.74 Å². The van der Waals surface area contributed by atoms with Gasteiger partial charge in [0.05, 0.1) is 0 Å². The summed E-state index contributed by atoms with van der Waals surface area (Å²) in [6, 6.07) is 4.43. The minimum Gasteiger partial charge on any atom is -0.480 e. The highest BCUT2D eigenvalue weighted by molar-refractivity contribution is 5.80. The van der Waals surface area contributed by atoms with Gasteiger partial charge in [0.25, 0.3) is 0 Å². The minimum atomic E-state index is -5.92. The summed E-state index contributed by atoms with van der Waals surface area (Å²) < 4.78 is 79.7. The summed E-state index contributed by atoms with van der Waals surface area (Å²) in [4.78, 5) is 22.1. The fourth-order valence-electron chi connectivity index (χ4n) is 1.74. The Morgan fingerprint density at radius 2 is 1.54 bits per heavy atom. The van der Waals surface area contributed by atoms with Gasteiger partial charge in [-0.05, 0) is 5.56 Å². The van der Waals surface area contributed by atoms with Gasteiger partial charge in [-0.25, -0.2) is 9.59 Å². The van der Waals surface area contributed by atoms with Gasteiger partial charge in [0, 0.05) is 0 Å². The van der Waals surface area contributed by atoms with Gasteiger partial charge in [-0.2, -0.15) is 26.3 Å². The SMILES string of the molecule is O=C(NC(C(=O)O)C(C(F)(F)F)C(F)(F)F)OCc1ccccc1. The summed E-state index contributed by atoms with van der Waals surface area (Å²) in [5.74, 6) is -6.77. The van der Waals surface area contributed by atoms with Crippen molar-refractivity contribution in [3.8, 4) is 0 Å². The summed E-state index contributed by atoms with van der Waals surface area (Å²) in [7, 11) is 0. The monoisotopic (exact) mass is 359 g/mol. The molecule has 0 aliphatic carbocycles. The minimum absolute atomic E-state index is 0.405. The normalized spacial score (nSPS) is 13.5. The van der Waals surface area contributed by atoms with Gasteiger partial charge >= 0.3 is 24.4 Å². The van der Waals surface area contributed by atoms with Crippen LogP contribution < -0.4 is 5.32 Å². The number of carboxylic acids is 1. The van der Waals surface area contributed by atoms with Crippen LogP contribution >= 0.6 is 0 Å². The van der Waals surface area contributed by atoms with Crippen molar-refractivity contribution >= 4 is 12.1 Å². The molecule has 5 nitrogen and oxygen atoms in total. The number of carbonyl (C=O) groups excluding carboxylic acids is 1. The quantitative estimate of drug-likeness (QED) is 0.793. The van der Waals surface area contributed by atoms with E-state index < -0.39 is 43.0 Å². The maximum atomic E-state index is 12.6. The van der Waals surface area contributed by atoms with Gasteiger partial charge in [0.1, 0.15) is 12.6 Å². The van der Waals surface area contributed by atoms with E-state index in [1.54, 1.807) is 18.2 Å². The zero-order chi connectivity index (χ0) is 18.5. The number of hydrogen-bond donors (Lipinski definition) is 2. The molecule has 1 atom stereocenters. The molecular weight excluding hydrogens is 348 g/mol. The van der Waals surface area contributed by atoms with Gasteiger partial charge < -0.3 is 15.2 Å². The fourth-order valence-corrected chi connectivity index (χ4v) is 1.74. The molecule has 0 saturated carbocycles. The van der Waals surface area contributed by atoms with Crippen molar-refractivity contribution in [2.75, 3.05) is 0 Å². The molecule has 11 heteroatoms. The van der Waals surface area contributed by atoms with Crippen molar-refractivity contribution in [2.24, 2.45) is 5.92 Å². The molecule has 1 unspecified atom stereocenters. The first-order valence-corrected chi connectivity index (χ1v) is 6.26. The van der Waals surface area contributed by atoms with E-state index in [1.165, 1.54) is 12.1 Å². The molecule has 24 heavy (non-hydrogen) atoms. The Morgan fingerprint density at radius 1 is 1.04 bits per heavy atom. The Bertz CT molecular complexity index is 558. The molecule has 0 saturated heterocycles. The molecule has 2 N–H and O–H groups in total. The maximum absolute atomic E-state index is 12.6. The van der Waals surface area contributed by atoms with Crippen molar-refractivity contribution in [3.63, 3.8) is 0 Å². The Morgan fingerprint density at radius 3 is 1.96 bits per heavy atom. The predicted molar refractivity (Wildman–Crippen MR) is 66.8 cm³/mol. The number of rotatable bonds is 5. The molecule has 0 aliphatic rings. The molecule has 0 aromatic heterocycles. The predicted octanol–water partition coefficient (Wildman–Crippen LogP) is 3.11. The lowest BCUT2D eigenvalue weighted by Crippen LogP contribution is -2.56. The lowest BCUT2D eigenvalue weighted by molar-refractivity contribution is -0.290. The van der Waals surface area contributed by atoms with Gasteiger partial charge in [-0.15, -0.1) is 0 Å². The number of halogens is 6.